The quantitative estimate of drug-likeness (QED) is 0.258. The maximum absolute atomic E-state index is 12.5. The van der Waals surface area contributed by atoms with Crippen LogP contribution in [0.1, 0.15) is 16.8 Å². The molecule has 0 spiro atoms. The molecule has 5 aromatic rings. The summed E-state index contributed by atoms with van der Waals surface area (Å²) in [4.78, 5) is 28.3. The van der Waals surface area contributed by atoms with Crippen molar-refractivity contribution in [1.29, 1.82) is 0 Å². The highest BCUT2D eigenvalue weighted by molar-refractivity contribution is 7.92. The summed E-state index contributed by atoms with van der Waals surface area (Å²) >= 11 is 0. The maximum Gasteiger partial charge on any atom is 0.336 e. The fraction of sp³-hybridized carbons (Fsp3) is 0.148. The maximum atomic E-state index is 12.5. The number of nitrogens with zero attached hydrogens (tertiary/aromatic N) is 4. The van der Waals surface area contributed by atoms with Crippen molar-refractivity contribution in [3.05, 3.63) is 100 Å². The molecule has 40 heavy (non-hydrogen) atoms. The minimum Gasteiger partial charge on any atom is -0.487 e. The highest BCUT2D eigenvalue weighted by Crippen LogP contribution is 2.28. The fourth-order valence-corrected chi connectivity index (χ4v) is 4.98. The van der Waals surface area contributed by atoms with Gasteiger partial charge < -0.3 is 14.5 Å². The van der Waals surface area contributed by atoms with Gasteiger partial charge >= 0.3 is 5.63 Å². The summed E-state index contributed by atoms with van der Waals surface area (Å²) in [6.45, 7) is 3.62. The Morgan fingerprint density at radius 1 is 1.07 bits per heavy atom. The van der Waals surface area contributed by atoms with E-state index in [1.807, 2.05) is 13.0 Å². The Bertz CT molecular complexity index is 1850. The van der Waals surface area contributed by atoms with E-state index in [1.54, 1.807) is 37.4 Å². The number of amides is 1. The highest BCUT2D eigenvalue weighted by atomic mass is 32.2. The van der Waals surface area contributed by atoms with Gasteiger partial charge in [0.25, 0.3) is 10.0 Å². The van der Waals surface area contributed by atoms with Crippen molar-refractivity contribution < 1.29 is 22.4 Å². The number of rotatable bonds is 9. The van der Waals surface area contributed by atoms with E-state index in [0.717, 1.165) is 10.9 Å². The van der Waals surface area contributed by atoms with Crippen LogP contribution in [0, 0.1) is 13.8 Å². The summed E-state index contributed by atoms with van der Waals surface area (Å²) < 4.78 is 40.1. The molecule has 0 aliphatic heterocycles. The Morgan fingerprint density at radius 3 is 2.62 bits per heavy atom. The Hall–Kier alpha value is -5.04. The molecule has 0 saturated carbocycles. The SMILES string of the molecule is Cc1cc(=O)oc2c(C)c(OCc3cn(CC(=O)Nc4ccc(S(=O)(=O)Nc5ccccn5)cc4)nn3)ccc12. The van der Waals surface area contributed by atoms with Gasteiger partial charge in [-0.2, -0.15) is 0 Å². The zero-order valence-electron chi connectivity index (χ0n) is 21.5. The first-order valence-corrected chi connectivity index (χ1v) is 13.6. The number of hydrogen-bond acceptors (Lipinski definition) is 9. The van der Waals surface area contributed by atoms with Crippen LogP contribution in [0.25, 0.3) is 11.0 Å². The fourth-order valence-electron chi connectivity index (χ4n) is 3.98. The van der Waals surface area contributed by atoms with Gasteiger partial charge in [-0.25, -0.2) is 22.9 Å². The molecule has 3 heterocycles. The van der Waals surface area contributed by atoms with Crippen LogP contribution in [0.4, 0.5) is 11.5 Å². The van der Waals surface area contributed by atoms with Gasteiger partial charge in [0.05, 0.1) is 11.1 Å². The van der Waals surface area contributed by atoms with Gasteiger partial charge in [-0.1, -0.05) is 11.3 Å². The Labute approximate surface area is 228 Å². The Kier molecular flexibility index (Phi) is 7.29. The van der Waals surface area contributed by atoms with E-state index in [1.165, 1.54) is 41.2 Å². The van der Waals surface area contributed by atoms with Gasteiger partial charge in [0.1, 0.15) is 36.0 Å². The number of fused-ring (bicyclic) bond motifs is 1. The van der Waals surface area contributed by atoms with E-state index < -0.39 is 15.6 Å². The minimum absolute atomic E-state index is 0.0241. The first-order chi connectivity index (χ1) is 19.2. The number of carbonyl (C=O) groups excluding carboxylic acids is 1. The second-order valence-electron chi connectivity index (χ2n) is 8.90. The molecule has 13 heteroatoms. The normalized spacial score (nSPS) is 11.3. The lowest BCUT2D eigenvalue weighted by Crippen LogP contribution is -2.19. The molecule has 204 valence electrons. The third-order valence-electron chi connectivity index (χ3n) is 5.94. The zero-order chi connectivity index (χ0) is 28.3. The molecule has 0 bridgehead atoms. The van der Waals surface area contributed by atoms with Crippen molar-refractivity contribution in [3.63, 3.8) is 0 Å². The van der Waals surface area contributed by atoms with Crippen molar-refractivity contribution in [2.24, 2.45) is 0 Å². The molecular formula is C27H24N6O6S. The zero-order valence-corrected chi connectivity index (χ0v) is 22.3. The van der Waals surface area contributed by atoms with E-state index in [4.69, 9.17) is 9.15 Å². The number of anilines is 2. The predicted molar refractivity (Wildman–Crippen MR) is 146 cm³/mol. The smallest absolute Gasteiger partial charge is 0.336 e. The van der Waals surface area contributed by atoms with Crippen molar-refractivity contribution in [2.75, 3.05) is 10.0 Å². The molecule has 1 amide bonds. The van der Waals surface area contributed by atoms with E-state index >= 15 is 0 Å². The van der Waals surface area contributed by atoms with Crippen molar-refractivity contribution in [1.82, 2.24) is 20.0 Å². The van der Waals surface area contributed by atoms with Crippen LogP contribution in [0.15, 0.2) is 87.2 Å². The van der Waals surface area contributed by atoms with Crippen LogP contribution in [-0.4, -0.2) is 34.3 Å². The van der Waals surface area contributed by atoms with Gasteiger partial charge in [-0.15, -0.1) is 5.10 Å². The van der Waals surface area contributed by atoms with Gasteiger partial charge in [0.15, 0.2) is 0 Å². The minimum atomic E-state index is -3.83. The van der Waals surface area contributed by atoms with Crippen LogP contribution < -0.4 is 20.4 Å². The summed E-state index contributed by atoms with van der Waals surface area (Å²) in [5.41, 5.74) is 2.46. The summed E-state index contributed by atoms with van der Waals surface area (Å²) in [5.74, 6) is 0.359. The van der Waals surface area contributed by atoms with Gasteiger partial charge in [0, 0.05) is 28.9 Å². The molecule has 5 rings (SSSR count). The van der Waals surface area contributed by atoms with Crippen molar-refractivity contribution in [3.8, 4) is 5.75 Å². The molecule has 0 saturated heterocycles. The third kappa shape index (κ3) is 5.99. The van der Waals surface area contributed by atoms with E-state index in [9.17, 15) is 18.0 Å². The molecule has 12 nitrogen and oxygen atoms in total. The number of sulfonamides is 1. The molecule has 2 N–H and O–H groups in total. The van der Waals surface area contributed by atoms with Crippen LogP contribution in [0.5, 0.6) is 5.75 Å². The topological polar surface area (TPSA) is 158 Å². The number of aryl methyl sites for hydroxylation is 2. The van der Waals surface area contributed by atoms with Gasteiger partial charge in [-0.3, -0.25) is 9.52 Å². The summed E-state index contributed by atoms with van der Waals surface area (Å²) in [7, 11) is -3.83. The van der Waals surface area contributed by atoms with E-state index in [-0.39, 0.29) is 29.8 Å². The lowest BCUT2D eigenvalue weighted by molar-refractivity contribution is -0.116. The number of hydrogen-bond donors (Lipinski definition) is 2. The molecule has 0 unspecified atom stereocenters. The monoisotopic (exact) mass is 560 g/mol. The van der Waals surface area contributed by atoms with Crippen LogP contribution in [0.3, 0.4) is 0 Å². The Morgan fingerprint density at radius 2 is 1.88 bits per heavy atom. The van der Waals surface area contributed by atoms with E-state index in [2.05, 4.69) is 25.3 Å². The first-order valence-electron chi connectivity index (χ1n) is 12.1. The summed E-state index contributed by atoms with van der Waals surface area (Å²) in [6, 6.07) is 15.7. The molecular weight excluding hydrogens is 536 g/mol. The number of benzene rings is 2. The molecule has 0 aliphatic rings. The second kappa shape index (κ2) is 11.0. The van der Waals surface area contributed by atoms with Crippen molar-refractivity contribution in [2.45, 2.75) is 31.9 Å². The van der Waals surface area contributed by atoms with Crippen LogP contribution in [-0.2, 0) is 28.0 Å². The van der Waals surface area contributed by atoms with E-state index in [0.29, 0.717) is 28.3 Å². The molecule has 0 fully saturated rings. The van der Waals surface area contributed by atoms with Gasteiger partial charge in [-0.05, 0) is 67.9 Å². The number of carbonyl (C=O) groups is 1. The second-order valence-corrected chi connectivity index (χ2v) is 10.6. The molecule has 3 aromatic heterocycles. The molecule has 0 radical (unpaired) electrons. The first kappa shape index (κ1) is 26.6. The third-order valence-corrected chi connectivity index (χ3v) is 7.31. The molecule has 2 aromatic carbocycles. The standard InChI is InChI=1S/C27H24N6O6S/c1-17-13-26(35)39-27-18(2)23(11-10-22(17)27)38-16-20-14-33(32-30-20)15-25(34)29-19-6-8-21(9-7-19)40(36,37)31-24-5-3-4-12-28-24/h3-14H,15-16H2,1-2H3,(H,28,31)(H,29,34). The summed E-state index contributed by atoms with van der Waals surface area (Å²) in [5, 5.41) is 11.5. The predicted octanol–water partition coefficient (Wildman–Crippen LogP) is 3.41. The van der Waals surface area contributed by atoms with Crippen LogP contribution >= 0.6 is 0 Å². The number of ether oxygens (including phenoxy) is 1. The summed E-state index contributed by atoms with van der Waals surface area (Å²) in [6.07, 6.45) is 3.06. The number of pyridine rings is 1. The largest absolute Gasteiger partial charge is 0.487 e. The highest BCUT2D eigenvalue weighted by Gasteiger charge is 2.15. The average molecular weight is 561 g/mol. The number of nitrogens with one attached hydrogen (secondary N) is 2. The van der Waals surface area contributed by atoms with Crippen molar-refractivity contribution >= 4 is 38.4 Å². The number of aromatic nitrogens is 4. The lowest BCUT2D eigenvalue weighted by Gasteiger charge is -2.10. The Balaban J connectivity index is 1.17. The average Bonchev–Trinajstić information content (AvgIpc) is 3.36. The molecule has 0 atom stereocenters. The van der Waals surface area contributed by atoms with Gasteiger partial charge in [0.2, 0.25) is 5.91 Å². The van der Waals surface area contributed by atoms with Crippen LogP contribution in [0.2, 0.25) is 0 Å². The molecule has 0 aliphatic carbocycles. The lowest BCUT2D eigenvalue weighted by atomic mass is 10.1.